The average Bonchev–Trinajstić information content (AvgIpc) is 2.80. The zero-order chi connectivity index (χ0) is 14.3. The van der Waals surface area contributed by atoms with E-state index >= 15 is 0 Å². The van der Waals surface area contributed by atoms with Crippen molar-refractivity contribution < 1.29 is 14.0 Å². The summed E-state index contributed by atoms with van der Waals surface area (Å²) in [6.45, 7) is 1.65. The first kappa shape index (κ1) is 12.5. The van der Waals surface area contributed by atoms with E-state index in [9.17, 15) is 14.0 Å². The maximum atomic E-state index is 13.5. The molecule has 3 nitrogen and oxygen atoms in total. The summed E-state index contributed by atoms with van der Waals surface area (Å²) in [6.07, 6.45) is 0.277. The Balaban J connectivity index is 1.97. The van der Waals surface area contributed by atoms with Crippen LogP contribution in [0.25, 0.3) is 0 Å². The van der Waals surface area contributed by atoms with Crippen LogP contribution in [0.5, 0.6) is 0 Å². The van der Waals surface area contributed by atoms with Gasteiger partial charge in [0.05, 0.1) is 6.42 Å². The SMILES string of the molecule is Cc1ccc(C(=O)c2ccc3c(c2)CC(=O)N3)cc1F. The fourth-order valence-corrected chi connectivity index (χ4v) is 2.27. The molecule has 0 atom stereocenters. The molecule has 0 saturated carbocycles. The Kier molecular flexibility index (Phi) is 2.86. The number of ketones is 1. The van der Waals surface area contributed by atoms with Crippen molar-refractivity contribution in [2.45, 2.75) is 13.3 Å². The lowest BCUT2D eigenvalue weighted by Gasteiger charge is -2.05. The molecule has 1 aliphatic heterocycles. The molecule has 0 bridgehead atoms. The number of nitrogens with one attached hydrogen (secondary N) is 1. The molecule has 0 aliphatic carbocycles. The number of rotatable bonds is 2. The van der Waals surface area contributed by atoms with Crippen LogP contribution in [0.3, 0.4) is 0 Å². The van der Waals surface area contributed by atoms with E-state index in [1.165, 1.54) is 6.07 Å². The van der Waals surface area contributed by atoms with Crippen molar-refractivity contribution >= 4 is 17.4 Å². The van der Waals surface area contributed by atoms with Crippen LogP contribution in [0.15, 0.2) is 36.4 Å². The fourth-order valence-electron chi connectivity index (χ4n) is 2.27. The van der Waals surface area contributed by atoms with E-state index in [4.69, 9.17) is 0 Å². The fraction of sp³-hybridized carbons (Fsp3) is 0.125. The second-order valence-electron chi connectivity index (χ2n) is 4.89. The molecule has 1 aliphatic rings. The Morgan fingerprint density at radius 2 is 1.85 bits per heavy atom. The summed E-state index contributed by atoms with van der Waals surface area (Å²) in [4.78, 5) is 23.6. The van der Waals surface area contributed by atoms with E-state index in [1.807, 2.05) is 0 Å². The van der Waals surface area contributed by atoms with Crippen LogP contribution >= 0.6 is 0 Å². The molecule has 1 amide bonds. The zero-order valence-electron chi connectivity index (χ0n) is 10.9. The predicted octanol–water partition coefficient (Wildman–Crippen LogP) is 2.86. The number of amides is 1. The second kappa shape index (κ2) is 4.56. The highest BCUT2D eigenvalue weighted by molar-refractivity contribution is 6.10. The van der Waals surface area contributed by atoms with Gasteiger partial charge in [-0.05, 0) is 42.3 Å². The highest BCUT2D eigenvalue weighted by atomic mass is 19.1. The molecule has 0 spiro atoms. The molecule has 0 radical (unpaired) electrons. The monoisotopic (exact) mass is 269 g/mol. The molecule has 2 aromatic rings. The molecule has 3 rings (SSSR count). The van der Waals surface area contributed by atoms with Crippen LogP contribution in [0.1, 0.15) is 27.0 Å². The first-order valence-corrected chi connectivity index (χ1v) is 6.28. The van der Waals surface area contributed by atoms with Crippen LogP contribution in [0, 0.1) is 12.7 Å². The van der Waals surface area contributed by atoms with E-state index in [0.717, 1.165) is 11.3 Å². The molecular weight excluding hydrogens is 257 g/mol. The largest absolute Gasteiger partial charge is 0.326 e. The van der Waals surface area contributed by atoms with Crippen molar-refractivity contribution in [1.82, 2.24) is 0 Å². The molecule has 4 heteroatoms. The molecule has 0 saturated heterocycles. The van der Waals surface area contributed by atoms with Crippen molar-refractivity contribution in [2.75, 3.05) is 5.32 Å². The Morgan fingerprint density at radius 1 is 1.15 bits per heavy atom. The third-order valence-corrected chi connectivity index (χ3v) is 3.43. The Bertz CT molecular complexity index is 737. The molecular formula is C16H12FNO2. The topological polar surface area (TPSA) is 46.2 Å². The van der Waals surface area contributed by atoms with Gasteiger partial charge in [-0.3, -0.25) is 9.59 Å². The average molecular weight is 269 g/mol. The van der Waals surface area contributed by atoms with E-state index in [1.54, 1.807) is 37.3 Å². The smallest absolute Gasteiger partial charge is 0.228 e. The van der Waals surface area contributed by atoms with Gasteiger partial charge < -0.3 is 5.32 Å². The summed E-state index contributed by atoms with van der Waals surface area (Å²) in [5, 5.41) is 2.71. The van der Waals surface area contributed by atoms with Gasteiger partial charge in [0.1, 0.15) is 5.82 Å². The van der Waals surface area contributed by atoms with Crippen molar-refractivity contribution in [3.8, 4) is 0 Å². The lowest BCUT2D eigenvalue weighted by atomic mass is 9.99. The molecule has 2 aromatic carbocycles. The summed E-state index contributed by atoms with van der Waals surface area (Å²) in [7, 11) is 0. The minimum absolute atomic E-state index is 0.0778. The third-order valence-electron chi connectivity index (χ3n) is 3.43. The number of carbonyl (C=O) groups excluding carboxylic acids is 2. The Hall–Kier alpha value is -2.49. The molecule has 1 heterocycles. The van der Waals surface area contributed by atoms with E-state index in [0.29, 0.717) is 16.7 Å². The summed E-state index contributed by atoms with van der Waals surface area (Å²) in [5.41, 5.74) is 2.81. The predicted molar refractivity (Wildman–Crippen MR) is 73.3 cm³/mol. The molecule has 0 fully saturated rings. The minimum Gasteiger partial charge on any atom is -0.326 e. The summed E-state index contributed by atoms with van der Waals surface area (Å²) in [5.74, 6) is -0.717. The molecule has 20 heavy (non-hydrogen) atoms. The number of halogens is 1. The number of carbonyl (C=O) groups is 2. The first-order chi connectivity index (χ1) is 9.54. The Morgan fingerprint density at radius 3 is 2.60 bits per heavy atom. The van der Waals surface area contributed by atoms with Crippen molar-refractivity contribution in [3.63, 3.8) is 0 Å². The van der Waals surface area contributed by atoms with Crippen LogP contribution < -0.4 is 5.32 Å². The van der Waals surface area contributed by atoms with E-state index < -0.39 is 5.82 Å². The van der Waals surface area contributed by atoms with Crippen molar-refractivity contribution in [2.24, 2.45) is 0 Å². The second-order valence-corrected chi connectivity index (χ2v) is 4.89. The van der Waals surface area contributed by atoms with E-state index in [2.05, 4.69) is 5.32 Å². The summed E-state index contributed by atoms with van der Waals surface area (Å²) >= 11 is 0. The number of anilines is 1. The lowest BCUT2D eigenvalue weighted by Crippen LogP contribution is -2.03. The van der Waals surface area contributed by atoms with Gasteiger partial charge in [0, 0.05) is 16.8 Å². The minimum atomic E-state index is -0.395. The molecule has 1 N–H and O–H groups in total. The zero-order valence-corrected chi connectivity index (χ0v) is 10.9. The number of benzene rings is 2. The maximum absolute atomic E-state index is 13.5. The van der Waals surface area contributed by atoms with Gasteiger partial charge in [-0.15, -0.1) is 0 Å². The van der Waals surface area contributed by atoms with Gasteiger partial charge in [0.2, 0.25) is 5.91 Å². The lowest BCUT2D eigenvalue weighted by molar-refractivity contribution is -0.115. The molecule has 100 valence electrons. The maximum Gasteiger partial charge on any atom is 0.228 e. The van der Waals surface area contributed by atoms with Crippen LogP contribution in [0.4, 0.5) is 10.1 Å². The van der Waals surface area contributed by atoms with Crippen LogP contribution in [-0.4, -0.2) is 11.7 Å². The van der Waals surface area contributed by atoms with E-state index in [-0.39, 0.29) is 18.1 Å². The summed E-state index contributed by atoms with van der Waals surface area (Å²) in [6, 6.07) is 9.47. The molecule has 0 aromatic heterocycles. The van der Waals surface area contributed by atoms with Crippen molar-refractivity contribution in [3.05, 3.63) is 64.5 Å². The van der Waals surface area contributed by atoms with Gasteiger partial charge in [-0.1, -0.05) is 12.1 Å². The highest BCUT2D eigenvalue weighted by Crippen LogP contribution is 2.25. The van der Waals surface area contributed by atoms with Gasteiger partial charge in [-0.25, -0.2) is 4.39 Å². The third kappa shape index (κ3) is 2.09. The quantitative estimate of drug-likeness (QED) is 0.852. The number of aryl methyl sites for hydroxylation is 1. The number of fused-ring (bicyclic) bond motifs is 1. The standard InChI is InChI=1S/C16H12FNO2/c1-9-2-3-11(7-13(9)17)16(20)10-4-5-14-12(6-10)8-15(19)18-14/h2-7H,8H2,1H3,(H,18,19). The summed E-state index contributed by atoms with van der Waals surface area (Å²) < 4.78 is 13.5. The highest BCUT2D eigenvalue weighted by Gasteiger charge is 2.19. The van der Waals surface area contributed by atoms with Gasteiger partial charge in [0.25, 0.3) is 0 Å². The van der Waals surface area contributed by atoms with Gasteiger partial charge >= 0.3 is 0 Å². The number of hydrogen-bond donors (Lipinski definition) is 1. The normalized spacial score (nSPS) is 13.0. The van der Waals surface area contributed by atoms with Crippen molar-refractivity contribution in [1.29, 1.82) is 0 Å². The van der Waals surface area contributed by atoms with Crippen LogP contribution in [-0.2, 0) is 11.2 Å². The van der Waals surface area contributed by atoms with Gasteiger partial charge in [-0.2, -0.15) is 0 Å². The van der Waals surface area contributed by atoms with Gasteiger partial charge in [0.15, 0.2) is 5.78 Å². The number of hydrogen-bond acceptors (Lipinski definition) is 2. The first-order valence-electron chi connectivity index (χ1n) is 6.28. The van der Waals surface area contributed by atoms with Crippen LogP contribution in [0.2, 0.25) is 0 Å². The Labute approximate surface area is 115 Å². The molecule has 0 unspecified atom stereocenters.